The van der Waals surface area contributed by atoms with Crippen molar-refractivity contribution in [2.75, 3.05) is 13.7 Å². The van der Waals surface area contributed by atoms with Crippen LogP contribution in [0.25, 0.3) is 0 Å². The molecule has 0 aliphatic rings. The van der Waals surface area contributed by atoms with Gasteiger partial charge in [-0.1, -0.05) is 18.2 Å². The van der Waals surface area contributed by atoms with Gasteiger partial charge in [0.05, 0.1) is 7.11 Å². The van der Waals surface area contributed by atoms with Gasteiger partial charge in [0.2, 0.25) is 5.78 Å². The summed E-state index contributed by atoms with van der Waals surface area (Å²) in [7, 11) is 1.62. The van der Waals surface area contributed by atoms with Gasteiger partial charge < -0.3 is 10.1 Å². The summed E-state index contributed by atoms with van der Waals surface area (Å²) < 4.78 is 6.85. The number of hydrogen-bond acceptors (Lipinski definition) is 3. The van der Waals surface area contributed by atoms with Crippen LogP contribution in [0.4, 0.5) is 0 Å². The topological polar surface area (TPSA) is 55.4 Å². The van der Waals surface area contributed by atoms with E-state index in [-0.39, 0.29) is 6.42 Å². The first-order valence-corrected chi connectivity index (χ1v) is 8.96. The first-order valence-electron chi connectivity index (χ1n) is 7.37. The zero-order valence-corrected chi connectivity index (χ0v) is 16.3. The van der Waals surface area contributed by atoms with Crippen molar-refractivity contribution in [3.05, 3.63) is 62.5 Å². The van der Waals surface area contributed by atoms with E-state index in [1.165, 1.54) is 0 Å². The molecule has 24 heavy (non-hydrogen) atoms. The Kier molecular flexibility index (Phi) is 6.99. The predicted octanol–water partition coefficient (Wildman–Crippen LogP) is 3.69. The number of ether oxygens (including phenoxy) is 1. The average molecular weight is 455 g/mol. The number of carbonyl (C=O) groups is 2. The van der Waals surface area contributed by atoms with Gasteiger partial charge in [-0.05, 0) is 73.7 Å². The number of methoxy groups -OCH3 is 1. The number of benzene rings is 2. The highest BCUT2D eigenvalue weighted by Gasteiger charge is 2.14. The van der Waals surface area contributed by atoms with E-state index in [0.717, 1.165) is 25.8 Å². The van der Waals surface area contributed by atoms with Crippen molar-refractivity contribution in [3.8, 4) is 5.75 Å². The van der Waals surface area contributed by atoms with Crippen molar-refractivity contribution in [3.63, 3.8) is 0 Å². The van der Waals surface area contributed by atoms with Crippen molar-refractivity contribution in [2.45, 2.75) is 12.8 Å². The minimum Gasteiger partial charge on any atom is -0.497 e. The molecule has 4 nitrogen and oxygen atoms in total. The maximum atomic E-state index is 12.0. The van der Waals surface area contributed by atoms with E-state index in [1.807, 2.05) is 42.5 Å². The molecule has 2 rings (SSSR count). The molecule has 0 aliphatic carbocycles. The Bertz CT molecular complexity index is 730. The molecule has 0 saturated heterocycles. The lowest BCUT2D eigenvalue weighted by molar-refractivity contribution is -0.137. The third-order valence-corrected chi connectivity index (χ3v) is 5.34. The number of halogens is 2. The molecule has 0 unspecified atom stereocenters. The summed E-state index contributed by atoms with van der Waals surface area (Å²) in [6.07, 6.45) is 0.743. The second-order valence-electron chi connectivity index (χ2n) is 5.20. The monoisotopic (exact) mass is 453 g/mol. The van der Waals surface area contributed by atoms with Crippen LogP contribution in [0.5, 0.6) is 5.75 Å². The molecule has 0 spiro atoms. The van der Waals surface area contributed by atoms with E-state index < -0.39 is 11.7 Å². The van der Waals surface area contributed by atoms with Crippen LogP contribution >= 0.6 is 31.9 Å². The number of amides is 1. The number of nitrogens with one attached hydrogen (secondary N) is 1. The highest BCUT2D eigenvalue weighted by molar-refractivity contribution is 9.13. The van der Waals surface area contributed by atoms with Gasteiger partial charge in [0, 0.05) is 21.9 Å². The Labute approximate surface area is 157 Å². The molecular formula is C18H17Br2NO3. The quantitative estimate of drug-likeness (QED) is 0.649. The molecule has 2 aromatic carbocycles. The first-order chi connectivity index (χ1) is 11.5. The van der Waals surface area contributed by atoms with Crippen molar-refractivity contribution < 1.29 is 14.3 Å². The van der Waals surface area contributed by atoms with Gasteiger partial charge in [-0.15, -0.1) is 0 Å². The van der Waals surface area contributed by atoms with Crippen LogP contribution < -0.4 is 10.1 Å². The largest absolute Gasteiger partial charge is 0.497 e. The van der Waals surface area contributed by atoms with E-state index in [4.69, 9.17) is 4.74 Å². The second kappa shape index (κ2) is 8.99. The van der Waals surface area contributed by atoms with Gasteiger partial charge in [-0.2, -0.15) is 0 Å². The number of carbonyl (C=O) groups excluding carboxylic acids is 2. The summed E-state index contributed by atoms with van der Waals surface area (Å²) in [6, 6.07) is 13.1. The molecule has 0 atom stereocenters. The van der Waals surface area contributed by atoms with Gasteiger partial charge in [0.1, 0.15) is 5.75 Å². The lowest BCUT2D eigenvalue weighted by Gasteiger charge is -2.06. The molecule has 0 bridgehead atoms. The fraction of sp³-hybridized carbons (Fsp3) is 0.222. The molecular weight excluding hydrogens is 438 g/mol. The Morgan fingerprint density at radius 2 is 1.67 bits per heavy atom. The molecule has 1 amide bonds. The van der Waals surface area contributed by atoms with Gasteiger partial charge in [-0.25, -0.2) is 0 Å². The second-order valence-corrected chi connectivity index (χ2v) is 6.91. The van der Waals surface area contributed by atoms with Crippen molar-refractivity contribution >= 4 is 43.6 Å². The molecule has 0 fully saturated rings. The third-order valence-electron chi connectivity index (χ3n) is 3.46. The number of Topliss-reactive ketones (excluding diaryl/α,β-unsaturated/α-hetero) is 1. The van der Waals surface area contributed by atoms with Crippen molar-refractivity contribution in [2.24, 2.45) is 0 Å². The Hall–Kier alpha value is -1.66. The maximum Gasteiger partial charge on any atom is 0.287 e. The zero-order chi connectivity index (χ0) is 17.5. The van der Waals surface area contributed by atoms with Gasteiger partial charge in [-0.3, -0.25) is 9.59 Å². The summed E-state index contributed by atoms with van der Waals surface area (Å²) in [6.45, 7) is 0.418. The number of ketones is 1. The summed E-state index contributed by atoms with van der Waals surface area (Å²) >= 11 is 6.75. The van der Waals surface area contributed by atoms with Crippen LogP contribution in [0.3, 0.4) is 0 Å². The average Bonchev–Trinajstić information content (AvgIpc) is 2.58. The summed E-state index contributed by atoms with van der Waals surface area (Å²) in [5.41, 5.74) is 1.86. The highest BCUT2D eigenvalue weighted by atomic mass is 79.9. The lowest BCUT2D eigenvalue weighted by Crippen LogP contribution is -2.33. The van der Waals surface area contributed by atoms with E-state index >= 15 is 0 Å². The van der Waals surface area contributed by atoms with E-state index in [2.05, 4.69) is 37.2 Å². The van der Waals surface area contributed by atoms with Gasteiger partial charge >= 0.3 is 0 Å². The smallest absolute Gasteiger partial charge is 0.287 e. The molecule has 0 aromatic heterocycles. The zero-order valence-electron chi connectivity index (χ0n) is 13.1. The third kappa shape index (κ3) is 5.46. The molecule has 6 heteroatoms. The van der Waals surface area contributed by atoms with Crippen LogP contribution in [0.2, 0.25) is 0 Å². The fourth-order valence-corrected chi connectivity index (χ4v) is 2.80. The van der Waals surface area contributed by atoms with Crippen LogP contribution in [0.1, 0.15) is 11.1 Å². The SMILES string of the molecule is COc1ccc(CCNC(=O)C(=O)Cc2ccc(Br)c(Br)c2)cc1. The normalized spacial score (nSPS) is 10.3. The lowest BCUT2D eigenvalue weighted by atomic mass is 10.1. The van der Waals surface area contributed by atoms with Crippen LogP contribution in [0.15, 0.2) is 51.4 Å². The summed E-state index contributed by atoms with van der Waals surface area (Å²) in [5.74, 6) is -0.208. The van der Waals surface area contributed by atoms with E-state index in [1.54, 1.807) is 7.11 Å². The molecule has 0 aliphatic heterocycles. The van der Waals surface area contributed by atoms with Crippen LogP contribution in [-0.4, -0.2) is 25.3 Å². The standard InChI is InChI=1S/C18H17Br2NO3/c1-24-14-5-2-12(3-6-14)8-9-21-18(23)17(22)11-13-4-7-15(19)16(20)10-13/h2-7,10H,8-9,11H2,1H3,(H,21,23). The van der Waals surface area contributed by atoms with E-state index in [0.29, 0.717) is 13.0 Å². The van der Waals surface area contributed by atoms with Crippen molar-refractivity contribution in [1.29, 1.82) is 0 Å². The molecule has 0 heterocycles. The fourth-order valence-electron chi connectivity index (χ4n) is 2.13. The number of hydrogen-bond donors (Lipinski definition) is 1. The molecule has 126 valence electrons. The molecule has 0 radical (unpaired) electrons. The Morgan fingerprint density at radius 1 is 1.00 bits per heavy atom. The minimum atomic E-state index is -0.553. The maximum absolute atomic E-state index is 12.0. The van der Waals surface area contributed by atoms with Crippen LogP contribution in [0, 0.1) is 0 Å². The molecule has 1 N–H and O–H groups in total. The van der Waals surface area contributed by atoms with Gasteiger partial charge in [0.25, 0.3) is 5.91 Å². The highest BCUT2D eigenvalue weighted by Crippen LogP contribution is 2.24. The Morgan fingerprint density at radius 3 is 2.29 bits per heavy atom. The first kappa shape index (κ1) is 18.7. The van der Waals surface area contributed by atoms with Crippen molar-refractivity contribution in [1.82, 2.24) is 5.32 Å². The Balaban J connectivity index is 1.80. The van der Waals surface area contributed by atoms with E-state index in [9.17, 15) is 9.59 Å². The molecule has 2 aromatic rings. The summed E-state index contributed by atoms with van der Waals surface area (Å²) in [4.78, 5) is 23.9. The van der Waals surface area contributed by atoms with Crippen LogP contribution in [-0.2, 0) is 22.4 Å². The molecule has 0 saturated carbocycles. The minimum absolute atomic E-state index is 0.0836. The predicted molar refractivity (Wildman–Crippen MR) is 100 cm³/mol. The summed E-state index contributed by atoms with van der Waals surface area (Å²) in [5, 5.41) is 2.67. The number of rotatable bonds is 7. The van der Waals surface area contributed by atoms with Gasteiger partial charge in [0.15, 0.2) is 0 Å².